The fourth-order valence-electron chi connectivity index (χ4n) is 2.84. The highest BCUT2D eigenvalue weighted by Gasteiger charge is 2.15. The van der Waals surface area contributed by atoms with Crippen molar-refractivity contribution in [3.05, 3.63) is 70.9 Å². The van der Waals surface area contributed by atoms with E-state index in [-0.39, 0.29) is 11.6 Å². The molecule has 33 heavy (non-hydrogen) atoms. The molecule has 0 spiro atoms. The van der Waals surface area contributed by atoms with Crippen LogP contribution < -0.4 is 16.4 Å². The molecule has 1 aromatic carbocycles. The number of nitrogens with one attached hydrogen (secondary N) is 3. The number of primary amides is 1. The number of benzene rings is 1. The summed E-state index contributed by atoms with van der Waals surface area (Å²) in [5.41, 5.74) is 6.50. The number of carbonyl (C=O) groups is 1. The van der Waals surface area contributed by atoms with Gasteiger partial charge in [-0.05, 0) is 24.3 Å². The van der Waals surface area contributed by atoms with Crippen LogP contribution in [0.15, 0.2) is 60.8 Å². The second-order valence-electron chi connectivity index (χ2n) is 6.58. The van der Waals surface area contributed by atoms with Gasteiger partial charge in [-0.15, -0.1) is 10.2 Å². The SMILES string of the molecule is N=C(C(N)=O)/C(=C\Nc1c(Cl)cccc1Cl)Nc1ccc(-c2nnc3cncc(O)n23)nc1. The molecule has 0 saturated carbocycles. The minimum atomic E-state index is -0.940. The molecule has 0 bridgehead atoms. The lowest BCUT2D eigenvalue weighted by Gasteiger charge is -2.13. The number of amides is 1. The second kappa shape index (κ2) is 9.10. The standard InChI is InChI=1S/C20H15Cl2N9O2/c21-11-2-1-3-12(22)18(11)27-7-14(17(23)19(24)33)28-10-4-5-13(26-6-10)20-30-29-15-8-25-9-16(32)31(15)20/h1-9,23,27-28,32H,(H2,24,33)/b14-7+,23-17?. The van der Waals surface area contributed by atoms with Gasteiger partial charge in [-0.3, -0.25) is 20.2 Å². The molecule has 0 saturated heterocycles. The van der Waals surface area contributed by atoms with Gasteiger partial charge in [-0.1, -0.05) is 29.3 Å². The Morgan fingerprint density at radius 3 is 2.55 bits per heavy atom. The van der Waals surface area contributed by atoms with E-state index in [9.17, 15) is 9.90 Å². The third kappa shape index (κ3) is 4.54. The number of aromatic hydroxyl groups is 1. The summed E-state index contributed by atoms with van der Waals surface area (Å²) in [4.78, 5) is 19.8. The largest absolute Gasteiger partial charge is 0.493 e. The van der Waals surface area contributed by atoms with Crippen molar-refractivity contribution in [2.24, 2.45) is 5.73 Å². The van der Waals surface area contributed by atoms with Crippen LogP contribution in [0.5, 0.6) is 5.88 Å². The van der Waals surface area contributed by atoms with Crippen molar-refractivity contribution < 1.29 is 9.90 Å². The summed E-state index contributed by atoms with van der Waals surface area (Å²) in [7, 11) is 0. The quantitative estimate of drug-likeness (QED) is 0.250. The van der Waals surface area contributed by atoms with Crippen molar-refractivity contribution in [2.75, 3.05) is 10.6 Å². The minimum Gasteiger partial charge on any atom is -0.493 e. The van der Waals surface area contributed by atoms with Gasteiger partial charge in [-0.2, -0.15) is 0 Å². The molecule has 0 aliphatic carbocycles. The number of carbonyl (C=O) groups excluding carboxylic acids is 1. The van der Waals surface area contributed by atoms with Crippen LogP contribution in [-0.2, 0) is 4.79 Å². The summed E-state index contributed by atoms with van der Waals surface area (Å²) in [6.45, 7) is 0. The zero-order valence-electron chi connectivity index (χ0n) is 16.6. The van der Waals surface area contributed by atoms with E-state index in [1.165, 1.54) is 29.2 Å². The molecule has 3 aromatic heterocycles. The number of fused-ring (bicyclic) bond motifs is 1. The van der Waals surface area contributed by atoms with Gasteiger partial charge >= 0.3 is 0 Å². The number of halogens is 2. The molecular weight excluding hydrogens is 469 g/mol. The van der Waals surface area contributed by atoms with Crippen LogP contribution in [0.2, 0.25) is 10.0 Å². The van der Waals surface area contributed by atoms with Crippen molar-refractivity contribution >= 4 is 51.8 Å². The molecule has 4 aromatic rings. The van der Waals surface area contributed by atoms with E-state index in [4.69, 9.17) is 34.3 Å². The van der Waals surface area contributed by atoms with Gasteiger partial charge in [0.05, 0.1) is 45.7 Å². The number of nitrogens with zero attached hydrogens (tertiary/aromatic N) is 5. The van der Waals surface area contributed by atoms with Crippen LogP contribution in [-0.4, -0.2) is 41.3 Å². The maximum atomic E-state index is 11.6. The maximum absolute atomic E-state index is 11.6. The number of hydrogen-bond donors (Lipinski definition) is 5. The Morgan fingerprint density at radius 1 is 1.12 bits per heavy atom. The average molecular weight is 484 g/mol. The van der Waals surface area contributed by atoms with Crippen LogP contribution in [0.3, 0.4) is 0 Å². The maximum Gasteiger partial charge on any atom is 0.268 e. The number of pyridine rings is 1. The highest BCUT2D eigenvalue weighted by Crippen LogP contribution is 2.30. The van der Waals surface area contributed by atoms with Gasteiger partial charge in [0, 0.05) is 6.20 Å². The van der Waals surface area contributed by atoms with Crippen LogP contribution >= 0.6 is 23.2 Å². The molecule has 6 N–H and O–H groups in total. The van der Waals surface area contributed by atoms with E-state index in [1.807, 2.05) is 0 Å². The van der Waals surface area contributed by atoms with Crippen LogP contribution in [0.1, 0.15) is 0 Å². The first kappa shape index (κ1) is 22.0. The van der Waals surface area contributed by atoms with Gasteiger partial charge < -0.3 is 21.5 Å². The summed E-state index contributed by atoms with van der Waals surface area (Å²) >= 11 is 12.3. The molecule has 11 nitrogen and oxygen atoms in total. The average Bonchev–Trinajstić information content (AvgIpc) is 3.23. The van der Waals surface area contributed by atoms with Gasteiger partial charge in [-0.25, -0.2) is 4.40 Å². The molecule has 0 radical (unpaired) electrons. The first-order valence-corrected chi connectivity index (χ1v) is 10.0. The molecule has 0 aliphatic rings. The molecule has 13 heteroatoms. The normalized spacial score (nSPS) is 11.4. The smallest absolute Gasteiger partial charge is 0.268 e. The molecule has 1 amide bonds. The topological polar surface area (TPSA) is 167 Å². The fourth-order valence-corrected chi connectivity index (χ4v) is 3.35. The first-order valence-electron chi connectivity index (χ1n) is 9.26. The predicted octanol–water partition coefficient (Wildman–Crippen LogP) is 3.07. The van der Waals surface area contributed by atoms with Gasteiger partial charge in [0.1, 0.15) is 11.4 Å². The number of aromatic nitrogens is 5. The van der Waals surface area contributed by atoms with E-state index >= 15 is 0 Å². The zero-order valence-corrected chi connectivity index (χ0v) is 18.1. The summed E-state index contributed by atoms with van der Waals surface area (Å²) in [6, 6.07) is 8.24. The Kier molecular flexibility index (Phi) is 6.07. The third-order valence-electron chi connectivity index (χ3n) is 4.41. The Labute approximate surface area is 196 Å². The van der Waals surface area contributed by atoms with Crippen molar-refractivity contribution in [3.8, 4) is 17.4 Å². The molecule has 0 atom stereocenters. The van der Waals surface area contributed by atoms with Crippen molar-refractivity contribution in [1.82, 2.24) is 24.6 Å². The molecule has 3 heterocycles. The summed E-state index contributed by atoms with van der Waals surface area (Å²) in [5, 5.41) is 32.6. The molecule has 0 aliphatic heterocycles. The molecule has 166 valence electrons. The van der Waals surface area contributed by atoms with E-state index in [2.05, 4.69) is 30.8 Å². The summed E-state index contributed by atoms with van der Waals surface area (Å²) in [5.74, 6) is -0.766. The fraction of sp³-hybridized carbons (Fsp3) is 0. The lowest BCUT2D eigenvalue weighted by molar-refractivity contribution is -0.112. The first-order chi connectivity index (χ1) is 15.8. The van der Waals surface area contributed by atoms with Crippen LogP contribution in [0.25, 0.3) is 17.2 Å². The van der Waals surface area contributed by atoms with Gasteiger partial charge in [0.25, 0.3) is 5.91 Å². The van der Waals surface area contributed by atoms with Gasteiger partial charge in [0.2, 0.25) is 5.88 Å². The van der Waals surface area contributed by atoms with E-state index in [0.29, 0.717) is 38.6 Å². The molecule has 0 fully saturated rings. The Balaban J connectivity index is 1.61. The number of para-hydroxylation sites is 1. The second-order valence-corrected chi connectivity index (χ2v) is 7.39. The number of anilines is 2. The lowest BCUT2D eigenvalue weighted by atomic mass is 10.2. The number of hydrogen-bond acceptors (Lipinski definition) is 9. The van der Waals surface area contributed by atoms with Crippen molar-refractivity contribution in [1.29, 1.82) is 5.41 Å². The van der Waals surface area contributed by atoms with E-state index < -0.39 is 11.6 Å². The summed E-state index contributed by atoms with van der Waals surface area (Å²) < 4.78 is 1.40. The van der Waals surface area contributed by atoms with Crippen LogP contribution in [0, 0.1) is 5.41 Å². The Bertz CT molecular complexity index is 1380. The molecule has 4 rings (SSSR count). The molecular formula is C20H15Cl2N9O2. The van der Waals surface area contributed by atoms with Crippen molar-refractivity contribution in [2.45, 2.75) is 0 Å². The van der Waals surface area contributed by atoms with Crippen LogP contribution in [0.4, 0.5) is 11.4 Å². The van der Waals surface area contributed by atoms with E-state index in [0.717, 1.165) is 0 Å². The van der Waals surface area contributed by atoms with Crippen molar-refractivity contribution in [3.63, 3.8) is 0 Å². The highest BCUT2D eigenvalue weighted by atomic mass is 35.5. The monoisotopic (exact) mass is 483 g/mol. The predicted molar refractivity (Wildman–Crippen MR) is 124 cm³/mol. The van der Waals surface area contributed by atoms with Gasteiger partial charge in [0.15, 0.2) is 11.5 Å². The Hall–Kier alpha value is -4.22. The number of rotatable bonds is 7. The highest BCUT2D eigenvalue weighted by molar-refractivity contribution is 6.44. The zero-order chi connectivity index (χ0) is 23.5. The molecule has 0 unspecified atom stereocenters. The number of nitrogens with two attached hydrogens (primary N) is 1. The summed E-state index contributed by atoms with van der Waals surface area (Å²) in [6.07, 6.45) is 5.53. The third-order valence-corrected chi connectivity index (χ3v) is 5.04. The lowest BCUT2D eigenvalue weighted by Crippen LogP contribution is -2.27. The van der Waals surface area contributed by atoms with E-state index in [1.54, 1.807) is 30.3 Å². The Morgan fingerprint density at radius 2 is 1.88 bits per heavy atom. The minimum absolute atomic E-state index is 0.0599.